The van der Waals surface area contributed by atoms with Gasteiger partial charge in [0.2, 0.25) is 0 Å². The Morgan fingerprint density at radius 3 is 2.36 bits per heavy atom. The minimum absolute atomic E-state index is 0.526. The first-order valence-corrected chi connectivity index (χ1v) is 5.10. The Hall–Kier alpha value is -0.230. The minimum Gasteiger partial charge on any atom is -0.392 e. The highest BCUT2D eigenvalue weighted by molar-refractivity contribution is 7.80. The highest BCUT2D eigenvalue weighted by Gasteiger charge is 2.05. The zero-order valence-corrected chi connectivity index (χ0v) is 9.81. The molecule has 0 aliphatic carbocycles. The molecule has 0 unspecified atom stereocenters. The molecule has 0 aliphatic rings. The van der Waals surface area contributed by atoms with Gasteiger partial charge in [0.15, 0.2) is 0 Å². The zero-order valence-electron chi connectivity index (χ0n) is 8.99. The Morgan fingerprint density at radius 2 is 1.86 bits per heavy atom. The van der Waals surface area contributed by atoms with E-state index < -0.39 is 0 Å². The first kappa shape index (κ1) is 13.8. The van der Waals surface area contributed by atoms with E-state index in [0.717, 1.165) is 26.1 Å². The molecule has 2 N–H and O–H groups in total. The van der Waals surface area contributed by atoms with Crippen LogP contribution < -0.4 is 5.73 Å². The maximum Gasteiger partial charge on any atom is 0.0870 e. The van der Waals surface area contributed by atoms with Gasteiger partial charge in [0.1, 0.15) is 0 Å². The molecule has 0 aromatic carbocycles. The lowest BCUT2D eigenvalue weighted by Crippen LogP contribution is -2.36. The van der Waals surface area contributed by atoms with Crippen LogP contribution in [0.3, 0.4) is 0 Å². The average Bonchev–Trinajstić information content (AvgIpc) is 2.13. The van der Waals surface area contributed by atoms with Gasteiger partial charge in [0.05, 0.1) is 11.6 Å². The molecule has 0 radical (unpaired) electrons. The van der Waals surface area contributed by atoms with Crippen LogP contribution in [0, 0.1) is 0 Å². The lowest BCUT2D eigenvalue weighted by atomic mass is 10.3. The molecular formula is C9H20N2O2S. The second-order valence-electron chi connectivity index (χ2n) is 3.08. The molecule has 0 rings (SSSR count). The number of hydrogen-bond acceptors (Lipinski definition) is 4. The normalized spacial score (nSPS) is 10.8. The fraction of sp³-hybridized carbons (Fsp3) is 0.889. The fourth-order valence-corrected chi connectivity index (χ4v) is 1.33. The van der Waals surface area contributed by atoms with Crippen molar-refractivity contribution in [2.24, 2.45) is 5.73 Å². The smallest absolute Gasteiger partial charge is 0.0870 e. The predicted octanol–water partition coefficient (Wildman–Crippen LogP) is 0.257. The number of thiocarbonyl (C=S) groups is 1. The Morgan fingerprint density at radius 1 is 1.21 bits per heavy atom. The molecule has 0 saturated heterocycles. The van der Waals surface area contributed by atoms with E-state index in [0.29, 0.717) is 18.1 Å². The maximum atomic E-state index is 5.49. The summed E-state index contributed by atoms with van der Waals surface area (Å²) < 4.78 is 9.98. The van der Waals surface area contributed by atoms with Crippen LogP contribution in [0.15, 0.2) is 0 Å². The molecule has 0 amide bonds. The van der Waals surface area contributed by atoms with Crippen LogP contribution in [-0.2, 0) is 9.47 Å². The van der Waals surface area contributed by atoms with E-state index in [-0.39, 0.29) is 0 Å². The van der Waals surface area contributed by atoms with Crippen LogP contribution in [0.5, 0.6) is 0 Å². The highest BCUT2D eigenvalue weighted by Crippen LogP contribution is 1.92. The van der Waals surface area contributed by atoms with Gasteiger partial charge in [0, 0.05) is 40.5 Å². The van der Waals surface area contributed by atoms with Gasteiger partial charge in [-0.25, -0.2) is 0 Å². The Labute approximate surface area is 91.3 Å². The lowest BCUT2D eigenvalue weighted by Gasteiger charge is -2.20. The van der Waals surface area contributed by atoms with Crippen LogP contribution in [0.1, 0.15) is 6.42 Å². The molecule has 5 heteroatoms. The fourth-order valence-electron chi connectivity index (χ4n) is 1.14. The molecule has 0 atom stereocenters. The SMILES string of the molecule is COCCCN(CCOC)CC(N)=S. The molecule has 0 heterocycles. The van der Waals surface area contributed by atoms with Crippen molar-refractivity contribution in [3.8, 4) is 0 Å². The second kappa shape index (κ2) is 9.33. The van der Waals surface area contributed by atoms with Crippen molar-refractivity contribution >= 4 is 17.2 Å². The van der Waals surface area contributed by atoms with Crippen molar-refractivity contribution in [1.82, 2.24) is 4.90 Å². The first-order valence-electron chi connectivity index (χ1n) is 4.69. The summed E-state index contributed by atoms with van der Waals surface area (Å²) >= 11 is 4.87. The van der Waals surface area contributed by atoms with E-state index in [4.69, 9.17) is 27.4 Å². The summed E-state index contributed by atoms with van der Waals surface area (Å²) in [6, 6.07) is 0. The standard InChI is InChI=1S/C9H20N2O2S/c1-12-6-3-4-11(5-7-13-2)8-9(10)14/h3-8H2,1-2H3,(H2,10,14). The maximum absolute atomic E-state index is 5.49. The molecule has 0 saturated carbocycles. The van der Waals surface area contributed by atoms with Crippen LogP contribution in [0.25, 0.3) is 0 Å². The van der Waals surface area contributed by atoms with Gasteiger partial charge in [0.25, 0.3) is 0 Å². The third kappa shape index (κ3) is 8.37. The van der Waals surface area contributed by atoms with E-state index in [9.17, 15) is 0 Å². The summed E-state index contributed by atoms with van der Waals surface area (Å²) in [6.45, 7) is 3.92. The molecule has 0 spiro atoms. The minimum atomic E-state index is 0.526. The summed E-state index contributed by atoms with van der Waals surface area (Å²) in [5, 5.41) is 0. The van der Waals surface area contributed by atoms with Gasteiger partial charge in [-0.2, -0.15) is 0 Å². The van der Waals surface area contributed by atoms with Gasteiger partial charge in [-0.3, -0.25) is 4.90 Å². The van der Waals surface area contributed by atoms with E-state index >= 15 is 0 Å². The van der Waals surface area contributed by atoms with Gasteiger partial charge >= 0.3 is 0 Å². The first-order chi connectivity index (χ1) is 6.70. The van der Waals surface area contributed by atoms with Crippen molar-refractivity contribution in [3.05, 3.63) is 0 Å². The van der Waals surface area contributed by atoms with Crippen molar-refractivity contribution < 1.29 is 9.47 Å². The molecule has 0 fully saturated rings. The molecular weight excluding hydrogens is 200 g/mol. The van der Waals surface area contributed by atoms with Gasteiger partial charge in [-0.1, -0.05) is 12.2 Å². The number of nitrogens with zero attached hydrogens (tertiary/aromatic N) is 1. The van der Waals surface area contributed by atoms with Crippen molar-refractivity contribution in [3.63, 3.8) is 0 Å². The Bertz CT molecular complexity index is 156. The molecule has 0 aromatic rings. The average molecular weight is 220 g/mol. The van der Waals surface area contributed by atoms with Crippen molar-refractivity contribution in [2.75, 3.05) is 47.1 Å². The third-order valence-electron chi connectivity index (χ3n) is 1.81. The lowest BCUT2D eigenvalue weighted by molar-refractivity contribution is 0.141. The van der Waals surface area contributed by atoms with Crippen molar-refractivity contribution in [1.29, 1.82) is 0 Å². The second-order valence-corrected chi connectivity index (χ2v) is 3.61. The highest BCUT2D eigenvalue weighted by atomic mass is 32.1. The quantitative estimate of drug-likeness (QED) is 0.446. The Balaban J connectivity index is 3.66. The molecule has 0 bridgehead atoms. The summed E-state index contributed by atoms with van der Waals surface area (Å²) in [5.74, 6) is 0. The summed E-state index contributed by atoms with van der Waals surface area (Å²) in [6.07, 6.45) is 0.989. The summed E-state index contributed by atoms with van der Waals surface area (Å²) in [4.78, 5) is 2.70. The van der Waals surface area contributed by atoms with E-state index in [1.54, 1.807) is 14.2 Å². The summed E-state index contributed by atoms with van der Waals surface area (Å²) in [5.41, 5.74) is 5.49. The van der Waals surface area contributed by atoms with Gasteiger partial charge in [-0.05, 0) is 6.42 Å². The summed E-state index contributed by atoms with van der Waals surface area (Å²) in [7, 11) is 3.39. The molecule has 0 aliphatic heterocycles. The van der Waals surface area contributed by atoms with Crippen LogP contribution in [0.4, 0.5) is 0 Å². The Kier molecular flexibility index (Phi) is 9.18. The largest absolute Gasteiger partial charge is 0.392 e. The topological polar surface area (TPSA) is 47.7 Å². The monoisotopic (exact) mass is 220 g/mol. The van der Waals surface area contributed by atoms with Gasteiger partial charge < -0.3 is 15.2 Å². The molecule has 84 valence electrons. The van der Waals surface area contributed by atoms with Crippen LogP contribution in [-0.4, -0.2) is 57.0 Å². The molecule has 4 nitrogen and oxygen atoms in total. The van der Waals surface area contributed by atoms with Crippen LogP contribution in [0.2, 0.25) is 0 Å². The number of methoxy groups -OCH3 is 2. The van der Waals surface area contributed by atoms with E-state index in [2.05, 4.69) is 4.90 Å². The van der Waals surface area contributed by atoms with E-state index in [1.807, 2.05) is 0 Å². The predicted molar refractivity (Wildman–Crippen MR) is 61.6 cm³/mol. The third-order valence-corrected chi connectivity index (χ3v) is 1.94. The molecule has 14 heavy (non-hydrogen) atoms. The van der Waals surface area contributed by atoms with E-state index in [1.165, 1.54) is 0 Å². The van der Waals surface area contributed by atoms with Crippen molar-refractivity contribution in [2.45, 2.75) is 6.42 Å². The number of ether oxygens (including phenoxy) is 2. The molecule has 0 aromatic heterocycles. The zero-order chi connectivity index (χ0) is 10.8. The van der Waals surface area contributed by atoms with Gasteiger partial charge in [-0.15, -0.1) is 0 Å². The number of nitrogens with two attached hydrogens (primary N) is 1. The van der Waals surface area contributed by atoms with Crippen LogP contribution >= 0.6 is 12.2 Å². The number of hydrogen-bond donors (Lipinski definition) is 1. The number of rotatable bonds is 9.